The Bertz CT molecular complexity index is 525. The molecule has 0 aliphatic carbocycles. The van der Waals surface area contributed by atoms with Crippen molar-refractivity contribution in [2.24, 2.45) is 0 Å². The second kappa shape index (κ2) is 6.02. The molecule has 0 aromatic heterocycles. The monoisotopic (exact) mass is 277 g/mol. The van der Waals surface area contributed by atoms with Crippen molar-refractivity contribution in [3.63, 3.8) is 0 Å². The summed E-state index contributed by atoms with van der Waals surface area (Å²) in [6, 6.07) is 3.20. The van der Waals surface area contributed by atoms with Gasteiger partial charge in [-0.05, 0) is 6.92 Å². The molecule has 0 radical (unpaired) electrons. The molecule has 20 heavy (non-hydrogen) atoms. The fraction of sp³-hybridized carbons (Fsp3) is 0.429. The van der Waals surface area contributed by atoms with Crippen LogP contribution in [0.1, 0.15) is 17.2 Å². The topological polar surface area (TPSA) is 78.6 Å². The highest BCUT2D eigenvalue weighted by molar-refractivity contribution is 5.57. The van der Waals surface area contributed by atoms with Crippen LogP contribution in [-0.4, -0.2) is 41.1 Å². The molecule has 1 aromatic carbocycles. The molecule has 1 saturated heterocycles. The summed E-state index contributed by atoms with van der Waals surface area (Å²) in [6.45, 7) is 8.78. The summed E-state index contributed by atoms with van der Waals surface area (Å²) >= 11 is 0. The average Bonchev–Trinajstić information content (AvgIpc) is 2.43. The van der Waals surface area contributed by atoms with Crippen LogP contribution in [0.3, 0.4) is 0 Å². The van der Waals surface area contributed by atoms with Gasteiger partial charge in [0.05, 0.1) is 11.0 Å². The standard InChI is InChI=1S/C14H19N3O3/c1-3-12(16-8-6-15-7-9-16)11-5-4-10(2)13(14(11)18)17(19)20/h3-5,12,15,18H,1,6-9H2,2H3/t12-/m1/s1. The van der Waals surface area contributed by atoms with Crippen molar-refractivity contribution in [2.75, 3.05) is 26.2 Å². The number of phenolic OH excluding ortho intramolecular Hbond substituents is 1. The van der Waals surface area contributed by atoms with Crippen LogP contribution in [-0.2, 0) is 0 Å². The SMILES string of the molecule is C=C[C@H](c1ccc(C)c([N+](=O)[O-])c1O)N1CCNCC1. The Balaban J connectivity index is 2.41. The molecule has 1 atom stereocenters. The lowest BCUT2D eigenvalue weighted by molar-refractivity contribution is -0.386. The van der Waals surface area contributed by atoms with Crippen molar-refractivity contribution in [2.45, 2.75) is 13.0 Å². The number of benzene rings is 1. The Morgan fingerprint density at radius 3 is 2.70 bits per heavy atom. The first kappa shape index (κ1) is 14.5. The number of nitro groups is 1. The molecule has 0 bridgehead atoms. The minimum Gasteiger partial charge on any atom is -0.502 e. The third-order valence-corrected chi connectivity index (χ3v) is 3.65. The predicted molar refractivity (Wildman–Crippen MR) is 76.9 cm³/mol. The molecule has 6 heteroatoms. The zero-order valence-corrected chi connectivity index (χ0v) is 11.5. The Morgan fingerprint density at radius 2 is 2.15 bits per heavy atom. The van der Waals surface area contributed by atoms with Crippen molar-refractivity contribution in [1.29, 1.82) is 0 Å². The van der Waals surface area contributed by atoms with Gasteiger partial charge in [0.1, 0.15) is 0 Å². The maximum absolute atomic E-state index is 11.1. The van der Waals surface area contributed by atoms with E-state index < -0.39 is 4.92 Å². The van der Waals surface area contributed by atoms with Gasteiger partial charge in [-0.25, -0.2) is 0 Å². The average molecular weight is 277 g/mol. The molecule has 2 N–H and O–H groups in total. The summed E-state index contributed by atoms with van der Waals surface area (Å²) < 4.78 is 0. The molecule has 0 unspecified atom stereocenters. The van der Waals surface area contributed by atoms with Gasteiger partial charge in [-0.1, -0.05) is 18.2 Å². The normalized spacial score (nSPS) is 17.6. The Labute approximate surface area is 117 Å². The maximum Gasteiger partial charge on any atom is 0.313 e. The Hall–Kier alpha value is -1.92. The quantitative estimate of drug-likeness (QED) is 0.498. The molecule has 2 rings (SSSR count). The molecule has 108 valence electrons. The van der Waals surface area contributed by atoms with Gasteiger partial charge in [0.15, 0.2) is 5.75 Å². The van der Waals surface area contributed by atoms with Crippen molar-refractivity contribution in [3.05, 3.63) is 46.0 Å². The largest absolute Gasteiger partial charge is 0.502 e. The van der Waals surface area contributed by atoms with E-state index in [1.165, 1.54) is 0 Å². The molecule has 1 aliphatic rings. The van der Waals surface area contributed by atoms with E-state index in [4.69, 9.17) is 0 Å². The van der Waals surface area contributed by atoms with Gasteiger partial charge in [-0.3, -0.25) is 15.0 Å². The van der Waals surface area contributed by atoms with Crippen LogP contribution in [0.5, 0.6) is 5.75 Å². The molecule has 1 fully saturated rings. The third-order valence-electron chi connectivity index (χ3n) is 3.65. The smallest absolute Gasteiger partial charge is 0.313 e. The Morgan fingerprint density at radius 1 is 1.50 bits per heavy atom. The molecule has 6 nitrogen and oxygen atoms in total. The number of nitro benzene ring substituents is 1. The summed E-state index contributed by atoms with van der Waals surface area (Å²) in [5.74, 6) is -0.251. The second-order valence-electron chi connectivity index (χ2n) is 4.89. The zero-order valence-electron chi connectivity index (χ0n) is 11.5. The van der Waals surface area contributed by atoms with E-state index in [1.807, 2.05) is 0 Å². The summed E-state index contributed by atoms with van der Waals surface area (Å²) in [4.78, 5) is 12.7. The van der Waals surface area contributed by atoms with E-state index >= 15 is 0 Å². The highest BCUT2D eigenvalue weighted by Crippen LogP contribution is 2.38. The first-order chi connectivity index (χ1) is 9.56. The lowest BCUT2D eigenvalue weighted by Gasteiger charge is -2.33. The number of nitrogens with one attached hydrogen (secondary N) is 1. The lowest BCUT2D eigenvalue weighted by Crippen LogP contribution is -2.44. The van der Waals surface area contributed by atoms with Crippen LogP contribution in [0.2, 0.25) is 0 Å². The van der Waals surface area contributed by atoms with Crippen molar-refractivity contribution >= 4 is 5.69 Å². The molecule has 1 aromatic rings. The van der Waals surface area contributed by atoms with Gasteiger partial charge in [0, 0.05) is 37.3 Å². The minimum atomic E-state index is -0.536. The van der Waals surface area contributed by atoms with Gasteiger partial charge in [-0.15, -0.1) is 6.58 Å². The van der Waals surface area contributed by atoms with E-state index in [9.17, 15) is 15.2 Å². The third kappa shape index (κ3) is 2.66. The molecular formula is C14H19N3O3. The van der Waals surface area contributed by atoms with Crippen LogP contribution >= 0.6 is 0 Å². The van der Waals surface area contributed by atoms with Crippen molar-refractivity contribution < 1.29 is 10.0 Å². The first-order valence-electron chi connectivity index (χ1n) is 6.60. The highest BCUT2D eigenvalue weighted by atomic mass is 16.6. The van der Waals surface area contributed by atoms with E-state index in [-0.39, 0.29) is 17.5 Å². The maximum atomic E-state index is 11.1. The highest BCUT2D eigenvalue weighted by Gasteiger charge is 2.27. The van der Waals surface area contributed by atoms with Crippen LogP contribution in [0.25, 0.3) is 0 Å². The minimum absolute atomic E-state index is 0.212. The Kier molecular flexibility index (Phi) is 4.36. The molecule has 0 spiro atoms. The van der Waals surface area contributed by atoms with Crippen LogP contribution in [0, 0.1) is 17.0 Å². The van der Waals surface area contributed by atoms with Gasteiger partial charge < -0.3 is 10.4 Å². The summed E-state index contributed by atoms with van der Waals surface area (Å²) in [7, 11) is 0. The molecule has 0 amide bonds. The van der Waals surface area contributed by atoms with Crippen LogP contribution < -0.4 is 5.32 Å². The van der Waals surface area contributed by atoms with E-state index in [1.54, 1.807) is 25.1 Å². The van der Waals surface area contributed by atoms with E-state index in [0.717, 1.165) is 26.2 Å². The number of phenols is 1. The van der Waals surface area contributed by atoms with Crippen molar-refractivity contribution in [3.8, 4) is 5.75 Å². The molecular weight excluding hydrogens is 258 g/mol. The zero-order chi connectivity index (χ0) is 14.7. The van der Waals surface area contributed by atoms with Gasteiger partial charge in [0.2, 0.25) is 0 Å². The summed E-state index contributed by atoms with van der Waals surface area (Å²) in [5, 5.41) is 24.6. The van der Waals surface area contributed by atoms with Gasteiger partial charge in [0.25, 0.3) is 0 Å². The van der Waals surface area contributed by atoms with Crippen molar-refractivity contribution in [1.82, 2.24) is 10.2 Å². The van der Waals surface area contributed by atoms with E-state index in [2.05, 4.69) is 16.8 Å². The fourth-order valence-electron chi connectivity index (χ4n) is 2.60. The summed E-state index contributed by atoms with van der Waals surface area (Å²) in [5.41, 5.74) is 0.781. The number of hydrogen-bond donors (Lipinski definition) is 2. The summed E-state index contributed by atoms with van der Waals surface area (Å²) in [6.07, 6.45) is 1.72. The van der Waals surface area contributed by atoms with Crippen LogP contribution in [0.15, 0.2) is 24.8 Å². The number of aryl methyl sites for hydroxylation is 1. The second-order valence-corrected chi connectivity index (χ2v) is 4.89. The predicted octanol–water partition coefficient (Wildman–Crippen LogP) is 1.74. The van der Waals surface area contributed by atoms with E-state index in [0.29, 0.717) is 11.1 Å². The number of rotatable bonds is 4. The number of piperazine rings is 1. The first-order valence-corrected chi connectivity index (χ1v) is 6.60. The number of nitrogens with zero attached hydrogens (tertiary/aromatic N) is 2. The lowest BCUT2D eigenvalue weighted by atomic mass is 10.00. The molecule has 0 saturated carbocycles. The molecule has 1 heterocycles. The molecule has 1 aliphatic heterocycles. The van der Waals surface area contributed by atoms with Crippen LogP contribution in [0.4, 0.5) is 5.69 Å². The number of hydrogen-bond acceptors (Lipinski definition) is 5. The fourth-order valence-corrected chi connectivity index (χ4v) is 2.60. The number of aromatic hydroxyl groups is 1. The van der Waals surface area contributed by atoms with Gasteiger partial charge >= 0.3 is 5.69 Å². The van der Waals surface area contributed by atoms with Gasteiger partial charge in [-0.2, -0.15) is 0 Å².